The minimum absolute atomic E-state index is 0.0499. The molecule has 0 unspecified atom stereocenters. The molecular formula is C16H25NO2. The summed E-state index contributed by atoms with van der Waals surface area (Å²) in [5.74, 6) is 2.16. The first-order chi connectivity index (χ1) is 8.49. The van der Waals surface area contributed by atoms with E-state index in [0.29, 0.717) is 6.54 Å². The Morgan fingerprint density at radius 2 is 1.79 bits per heavy atom. The molecule has 1 aliphatic rings. The van der Waals surface area contributed by atoms with Gasteiger partial charge < -0.3 is 10.0 Å². The zero-order chi connectivity index (χ0) is 15.0. The van der Waals surface area contributed by atoms with Gasteiger partial charge in [0.1, 0.15) is 11.3 Å². The summed E-state index contributed by atoms with van der Waals surface area (Å²) in [6.07, 6.45) is 6.22. The highest BCUT2D eigenvalue weighted by atomic mass is 16.3. The first-order valence-corrected chi connectivity index (χ1v) is 6.70. The summed E-state index contributed by atoms with van der Waals surface area (Å²) in [5, 5.41) is 10.2. The molecule has 1 aliphatic heterocycles. The van der Waals surface area contributed by atoms with Crippen molar-refractivity contribution in [3.8, 4) is 12.3 Å². The lowest BCUT2D eigenvalue weighted by Gasteiger charge is -2.36. The average molecular weight is 263 g/mol. The van der Waals surface area contributed by atoms with Gasteiger partial charge in [0.25, 0.3) is 5.91 Å². The Morgan fingerprint density at radius 1 is 1.26 bits per heavy atom. The van der Waals surface area contributed by atoms with Crippen molar-refractivity contribution in [3.63, 3.8) is 0 Å². The summed E-state index contributed by atoms with van der Waals surface area (Å²) in [7, 11) is 0. The lowest BCUT2D eigenvalue weighted by atomic mass is 9.84. The molecule has 3 nitrogen and oxygen atoms in total. The molecular weight excluding hydrogens is 238 g/mol. The third-order valence-corrected chi connectivity index (χ3v) is 3.37. The molecule has 1 atom stereocenters. The number of carbonyl (C=O) groups excluding carboxylic acids is 1. The van der Waals surface area contributed by atoms with Crippen LogP contribution in [0.4, 0.5) is 0 Å². The molecule has 1 heterocycles. The van der Waals surface area contributed by atoms with Crippen molar-refractivity contribution in [2.24, 2.45) is 10.8 Å². The van der Waals surface area contributed by atoms with E-state index in [4.69, 9.17) is 6.42 Å². The summed E-state index contributed by atoms with van der Waals surface area (Å²) in [4.78, 5) is 14.0. The predicted octanol–water partition coefficient (Wildman–Crippen LogP) is 3.12. The van der Waals surface area contributed by atoms with Gasteiger partial charge in [0, 0.05) is 6.54 Å². The minimum atomic E-state index is -0.326. The topological polar surface area (TPSA) is 40.5 Å². The Kier molecular flexibility index (Phi) is 4.05. The maximum atomic E-state index is 12.3. The fourth-order valence-corrected chi connectivity index (χ4v) is 2.35. The third kappa shape index (κ3) is 3.32. The van der Waals surface area contributed by atoms with Crippen LogP contribution in [0.15, 0.2) is 11.3 Å². The number of carbonyl (C=O) groups is 1. The highest BCUT2D eigenvalue weighted by Gasteiger charge is 2.44. The fraction of sp³-hybridized carbons (Fsp3) is 0.688. The number of terminal acetylenes is 1. The summed E-state index contributed by atoms with van der Waals surface area (Å²) >= 11 is 0. The molecule has 1 amide bonds. The number of amides is 1. The number of nitrogens with zero attached hydrogens (tertiary/aromatic N) is 1. The molecule has 0 spiro atoms. The van der Waals surface area contributed by atoms with Crippen LogP contribution in [0.3, 0.4) is 0 Å². The van der Waals surface area contributed by atoms with Gasteiger partial charge in [0.05, 0.1) is 6.04 Å². The van der Waals surface area contributed by atoms with E-state index < -0.39 is 0 Å². The molecule has 0 radical (unpaired) electrons. The van der Waals surface area contributed by atoms with E-state index in [1.165, 1.54) is 0 Å². The molecule has 106 valence electrons. The molecule has 0 bridgehead atoms. The quantitative estimate of drug-likeness (QED) is 0.778. The van der Waals surface area contributed by atoms with Gasteiger partial charge in [-0.05, 0) is 17.3 Å². The van der Waals surface area contributed by atoms with E-state index in [9.17, 15) is 9.90 Å². The van der Waals surface area contributed by atoms with Crippen LogP contribution < -0.4 is 0 Å². The molecule has 1 N–H and O–H groups in total. The molecule has 0 fully saturated rings. The van der Waals surface area contributed by atoms with Crippen LogP contribution in [0, 0.1) is 23.2 Å². The lowest BCUT2D eigenvalue weighted by molar-refractivity contribution is -0.128. The molecule has 3 heteroatoms. The van der Waals surface area contributed by atoms with Crippen LogP contribution in [0.1, 0.15) is 48.0 Å². The first kappa shape index (κ1) is 15.6. The van der Waals surface area contributed by atoms with Crippen LogP contribution in [0.5, 0.6) is 0 Å². The van der Waals surface area contributed by atoms with Crippen molar-refractivity contribution >= 4 is 5.91 Å². The summed E-state index contributed by atoms with van der Waals surface area (Å²) in [6.45, 7) is 13.0. The Morgan fingerprint density at radius 3 is 2.16 bits per heavy atom. The third-order valence-electron chi connectivity index (χ3n) is 3.37. The largest absolute Gasteiger partial charge is 0.509 e. The molecule has 0 saturated carbocycles. The zero-order valence-corrected chi connectivity index (χ0v) is 12.9. The van der Waals surface area contributed by atoms with Crippen molar-refractivity contribution in [2.45, 2.75) is 54.0 Å². The van der Waals surface area contributed by atoms with E-state index in [1.807, 2.05) is 20.8 Å². The fourth-order valence-electron chi connectivity index (χ4n) is 2.35. The number of hydrogen-bond acceptors (Lipinski definition) is 2. The molecule has 0 aromatic heterocycles. The Labute approximate surface area is 116 Å². The second kappa shape index (κ2) is 4.92. The normalized spacial score (nSPS) is 21.0. The van der Waals surface area contributed by atoms with E-state index in [0.717, 1.165) is 6.42 Å². The van der Waals surface area contributed by atoms with Gasteiger partial charge in [-0.3, -0.25) is 4.79 Å². The Bertz CT molecular complexity index is 441. The van der Waals surface area contributed by atoms with Crippen molar-refractivity contribution in [2.75, 3.05) is 6.54 Å². The number of aliphatic hydroxyl groups excluding tert-OH is 1. The number of aliphatic hydroxyl groups is 1. The smallest absolute Gasteiger partial charge is 0.266 e. The zero-order valence-electron chi connectivity index (χ0n) is 12.9. The van der Waals surface area contributed by atoms with E-state index in [2.05, 4.69) is 26.7 Å². The minimum Gasteiger partial charge on any atom is -0.509 e. The van der Waals surface area contributed by atoms with Crippen LogP contribution in [-0.4, -0.2) is 28.5 Å². The molecule has 1 rings (SSSR count). The predicted molar refractivity (Wildman–Crippen MR) is 77.5 cm³/mol. The van der Waals surface area contributed by atoms with Gasteiger partial charge in [-0.25, -0.2) is 0 Å². The van der Waals surface area contributed by atoms with E-state index in [1.54, 1.807) is 4.90 Å². The van der Waals surface area contributed by atoms with Crippen molar-refractivity contribution in [1.82, 2.24) is 4.90 Å². The lowest BCUT2D eigenvalue weighted by Crippen LogP contribution is -2.45. The molecule has 0 aromatic rings. The number of rotatable bonds is 2. The van der Waals surface area contributed by atoms with Gasteiger partial charge >= 0.3 is 0 Å². The van der Waals surface area contributed by atoms with Gasteiger partial charge in [-0.2, -0.15) is 0 Å². The second-order valence-corrected chi connectivity index (χ2v) is 7.48. The van der Waals surface area contributed by atoms with E-state index >= 15 is 0 Å². The summed E-state index contributed by atoms with van der Waals surface area (Å²) < 4.78 is 0. The van der Waals surface area contributed by atoms with Gasteiger partial charge in [0.15, 0.2) is 0 Å². The van der Waals surface area contributed by atoms with Crippen molar-refractivity contribution < 1.29 is 9.90 Å². The summed E-state index contributed by atoms with van der Waals surface area (Å²) in [5.41, 5.74) is 0.0156. The monoisotopic (exact) mass is 263 g/mol. The number of hydrogen-bond donors (Lipinski definition) is 1. The SMILES string of the molecule is C#CC1=C(O)[C@H](C(C)(C)C)N(CCC(C)(C)C)C1=O. The molecule has 0 saturated heterocycles. The van der Waals surface area contributed by atoms with Crippen LogP contribution in [0.2, 0.25) is 0 Å². The van der Waals surface area contributed by atoms with Crippen LogP contribution >= 0.6 is 0 Å². The standard InChI is InChI=1S/C16H25NO2/c1-8-11-12(18)13(16(5,6)7)17(14(11)19)10-9-15(2,3)4/h1,13,18H,9-10H2,2-7H3/t13-/m1/s1. The average Bonchev–Trinajstić information content (AvgIpc) is 2.45. The van der Waals surface area contributed by atoms with Gasteiger partial charge in [-0.1, -0.05) is 47.5 Å². The Balaban J connectivity index is 3.05. The van der Waals surface area contributed by atoms with Crippen LogP contribution in [-0.2, 0) is 4.79 Å². The van der Waals surface area contributed by atoms with Crippen molar-refractivity contribution in [3.05, 3.63) is 11.3 Å². The van der Waals surface area contributed by atoms with Crippen molar-refractivity contribution in [1.29, 1.82) is 0 Å². The molecule has 0 aromatic carbocycles. The molecule has 0 aliphatic carbocycles. The maximum absolute atomic E-state index is 12.3. The van der Waals surface area contributed by atoms with Gasteiger partial charge in [-0.15, -0.1) is 6.42 Å². The van der Waals surface area contributed by atoms with E-state index in [-0.39, 0.29) is 34.1 Å². The van der Waals surface area contributed by atoms with Crippen LogP contribution in [0.25, 0.3) is 0 Å². The maximum Gasteiger partial charge on any atom is 0.266 e. The highest BCUT2D eigenvalue weighted by Crippen LogP contribution is 2.37. The first-order valence-electron chi connectivity index (χ1n) is 6.70. The second-order valence-electron chi connectivity index (χ2n) is 7.48. The summed E-state index contributed by atoms with van der Waals surface area (Å²) in [6, 6.07) is -0.326. The Hall–Kier alpha value is -1.43. The van der Waals surface area contributed by atoms with Gasteiger partial charge in [0.2, 0.25) is 0 Å². The highest BCUT2D eigenvalue weighted by molar-refractivity contribution is 6.01. The molecule has 19 heavy (non-hydrogen) atoms.